The predicted molar refractivity (Wildman–Crippen MR) is 157 cm³/mol. The molecule has 0 radical (unpaired) electrons. The van der Waals surface area contributed by atoms with E-state index in [9.17, 15) is 28.8 Å². The van der Waals surface area contributed by atoms with Gasteiger partial charge in [-0.1, -0.05) is 41.5 Å². The van der Waals surface area contributed by atoms with Crippen LogP contribution >= 0.6 is 0 Å². The number of carboxylic acids is 3. The molecule has 0 unspecified atom stereocenters. The van der Waals surface area contributed by atoms with E-state index in [0.29, 0.717) is 0 Å². The Morgan fingerprint density at radius 3 is 1.30 bits per heavy atom. The summed E-state index contributed by atoms with van der Waals surface area (Å²) in [5.74, 6) is -3.70. The lowest BCUT2D eigenvalue weighted by atomic mass is 10.1. The van der Waals surface area contributed by atoms with Gasteiger partial charge in [-0.2, -0.15) is 0 Å². The van der Waals surface area contributed by atoms with Crippen molar-refractivity contribution in [2.75, 3.05) is 20.3 Å². The smallest absolute Gasteiger partial charge is 0.408 e. The van der Waals surface area contributed by atoms with E-state index in [1.807, 2.05) is 6.92 Å². The molecule has 0 bridgehead atoms. The zero-order valence-corrected chi connectivity index (χ0v) is 27.3. The number of nitrogens with one attached hydrogen (secondary N) is 3. The molecule has 6 N–H and O–H groups in total. The van der Waals surface area contributed by atoms with E-state index < -0.39 is 54.3 Å². The zero-order chi connectivity index (χ0) is 34.8. The summed E-state index contributed by atoms with van der Waals surface area (Å²) in [6, 6.07) is -2.72. The van der Waals surface area contributed by atoms with Gasteiger partial charge in [-0.3, -0.25) is 0 Å². The molecule has 0 aliphatic heterocycles. The minimum absolute atomic E-state index is 0.104. The first-order valence-corrected chi connectivity index (χ1v) is 14.2. The third kappa shape index (κ3) is 20.1. The van der Waals surface area contributed by atoms with Crippen LogP contribution in [0.2, 0.25) is 0 Å². The second-order valence-corrected chi connectivity index (χ2v) is 11.5. The van der Waals surface area contributed by atoms with Gasteiger partial charge in [0, 0.05) is 7.11 Å². The Balaban J connectivity index is 0. The fraction of sp³-hybridized carbons (Fsp3) is 0.786. The number of hydrogen-bond acceptors (Lipinski definition) is 10. The molecule has 1 rings (SSSR count). The Bertz CT molecular complexity index is 934. The fourth-order valence-electron chi connectivity index (χ4n) is 2.96. The Labute approximate surface area is 258 Å². The Morgan fingerprint density at radius 2 is 1.00 bits per heavy atom. The van der Waals surface area contributed by atoms with Crippen LogP contribution in [0.4, 0.5) is 14.4 Å². The van der Waals surface area contributed by atoms with Crippen LogP contribution in [-0.4, -0.2) is 102 Å². The van der Waals surface area contributed by atoms with E-state index in [0.717, 1.165) is 12.8 Å². The topological polar surface area (TPSA) is 236 Å². The van der Waals surface area contributed by atoms with Gasteiger partial charge in [0.25, 0.3) is 0 Å². The van der Waals surface area contributed by atoms with Crippen molar-refractivity contribution in [1.29, 1.82) is 0 Å². The van der Waals surface area contributed by atoms with E-state index in [1.165, 1.54) is 7.11 Å². The monoisotopic (exact) mass is 637 g/mol. The van der Waals surface area contributed by atoms with Crippen LogP contribution in [0.1, 0.15) is 75.2 Å². The van der Waals surface area contributed by atoms with Crippen LogP contribution in [0.5, 0.6) is 0 Å². The normalized spacial score (nSPS) is 14.9. The molecule has 16 nitrogen and oxygen atoms in total. The second kappa shape index (κ2) is 21.0. The second-order valence-electron chi connectivity index (χ2n) is 11.5. The van der Waals surface area contributed by atoms with Crippen molar-refractivity contribution in [3.05, 3.63) is 0 Å². The van der Waals surface area contributed by atoms with Gasteiger partial charge < -0.3 is 50.2 Å². The summed E-state index contributed by atoms with van der Waals surface area (Å²) in [6.45, 7) is 15.9. The predicted octanol–water partition coefficient (Wildman–Crippen LogP) is 3.07. The molecular weight excluding hydrogens is 586 g/mol. The molecule has 1 fully saturated rings. The van der Waals surface area contributed by atoms with Crippen molar-refractivity contribution < 1.29 is 63.0 Å². The number of aliphatic carboxylic acids is 3. The summed E-state index contributed by atoms with van der Waals surface area (Å²) in [5.41, 5.74) is -0.371. The highest BCUT2D eigenvalue weighted by atomic mass is 16.6. The maximum absolute atomic E-state index is 11.3. The van der Waals surface area contributed by atoms with Crippen molar-refractivity contribution in [3.63, 3.8) is 0 Å². The molecule has 0 heterocycles. The Hall–Kier alpha value is -3.82. The SMILES string of the molecule is CC(C)OC(=O)N[C@H](C(=O)O)C(C)C.CC(C)[C@H](NC(=O)OC1(C)CC1)C(=O)O.COCCOC(=O)N[C@H](C(=O)O)C(C)C. The van der Waals surface area contributed by atoms with Crippen molar-refractivity contribution in [2.45, 2.75) is 105 Å². The van der Waals surface area contributed by atoms with Gasteiger partial charge in [-0.25, -0.2) is 28.8 Å². The number of rotatable bonds is 14. The standard InChI is InChI=1S/C10H17NO4.C9H17NO5.C9H17NO4/c1-6(2)7(8(12)13)11-9(14)15-10(3)4-5-10;1-6(2)7(8(11)12)10-9(13)15-5-4-14-3;1-5(2)7(8(11)12)10-9(13)14-6(3)4/h6-7H,4-5H2,1-3H3,(H,11,14)(H,12,13);6-7H,4-5H2,1-3H3,(H,10,13)(H,11,12);5-7H,1-4H3,(H,10,13)(H,11,12)/t3*7-/m000/s1. The molecule has 44 heavy (non-hydrogen) atoms. The van der Waals surface area contributed by atoms with Gasteiger partial charge in [0.15, 0.2) is 0 Å². The first kappa shape index (κ1) is 42.3. The lowest BCUT2D eigenvalue weighted by Gasteiger charge is -2.19. The van der Waals surface area contributed by atoms with Crippen molar-refractivity contribution in [3.8, 4) is 0 Å². The molecule has 0 aromatic heterocycles. The average molecular weight is 638 g/mol. The first-order chi connectivity index (χ1) is 20.2. The summed E-state index contributed by atoms with van der Waals surface area (Å²) in [5, 5.41) is 33.3. The van der Waals surface area contributed by atoms with Crippen LogP contribution in [-0.2, 0) is 33.3 Å². The molecule has 256 valence electrons. The van der Waals surface area contributed by atoms with Gasteiger partial charge in [0.1, 0.15) is 30.3 Å². The van der Waals surface area contributed by atoms with E-state index in [-0.39, 0.29) is 42.7 Å². The van der Waals surface area contributed by atoms with Gasteiger partial charge in [-0.15, -0.1) is 0 Å². The van der Waals surface area contributed by atoms with Gasteiger partial charge in [0.2, 0.25) is 0 Å². The number of alkyl carbamates (subject to hydrolysis) is 3. The van der Waals surface area contributed by atoms with E-state index in [2.05, 4.69) is 25.4 Å². The number of amides is 3. The number of carbonyl (C=O) groups excluding carboxylic acids is 3. The van der Waals surface area contributed by atoms with Gasteiger partial charge in [-0.05, 0) is 51.4 Å². The minimum Gasteiger partial charge on any atom is -0.480 e. The highest BCUT2D eigenvalue weighted by molar-refractivity contribution is 5.81. The van der Waals surface area contributed by atoms with Crippen LogP contribution in [0.3, 0.4) is 0 Å². The average Bonchev–Trinajstić information content (AvgIpc) is 3.59. The van der Waals surface area contributed by atoms with Crippen LogP contribution in [0, 0.1) is 17.8 Å². The molecule has 0 aromatic rings. The maximum Gasteiger partial charge on any atom is 0.408 e. The molecule has 1 saturated carbocycles. The minimum atomic E-state index is -1.08. The number of carbonyl (C=O) groups is 6. The highest BCUT2D eigenvalue weighted by Gasteiger charge is 2.42. The maximum atomic E-state index is 11.3. The molecule has 0 spiro atoms. The lowest BCUT2D eigenvalue weighted by Crippen LogP contribution is -2.45. The summed E-state index contributed by atoms with van der Waals surface area (Å²) < 4.78 is 19.2. The third-order valence-corrected chi connectivity index (χ3v) is 5.77. The molecule has 3 atom stereocenters. The molecule has 0 saturated heterocycles. The quantitative estimate of drug-likeness (QED) is 0.119. The molecule has 1 aliphatic rings. The van der Waals surface area contributed by atoms with E-state index in [1.54, 1.807) is 55.4 Å². The van der Waals surface area contributed by atoms with Crippen LogP contribution in [0.25, 0.3) is 0 Å². The molecule has 16 heteroatoms. The summed E-state index contributed by atoms with van der Waals surface area (Å²) in [4.78, 5) is 65.7. The number of ether oxygens (including phenoxy) is 4. The number of methoxy groups -OCH3 is 1. The van der Waals surface area contributed by atoms with E-state index in [4.69, 9.17) is 24.8 Å². The summed E-state index contributed by atoms with van der Waals surface area (Å²) in [7, 11) is 1.48. The summed E-state index contributed by atoms with van der Waals surface area (Å²) in [6.07, 6.45) is -0.637. The first-order valence-electron chi connectivity index (χ1n) is 14.2. The van der Waals surface area contributed by atoms with Crippen molar-refractivity contribution >= 4 is 36.2 Å². The molecule has 0 aromatic carbocycles. The highest BCUT2D eigenvalue weighted by Crippen LogP contribution is 2.38. The summed E-state index contributed by atoms with van der Waals surface area (Å²) >= 11 is 0. The molecule has 1 aliphatic carbocycles. The van der Waals surface area contributed by atoms with Crippen LogP contribution < -0.4 is 16.0 Å². The number of hydrogen-bond donors (Lipinski definition) is 6. The Morgan fingerprint density at radius 1 is 0.636 bits per heavy atom. The Kier molecular flexibility index (Phi) is 20.2. The number of carboxylic acid groups (broad SMARTS) is 3. The van der Waals surface area contributed by atoms with Crippen LogP contribution in [0.15, 0.2) is 0 Å². The van der Waals surface area contributed by atoms with Gasteiger partial charge in [0.05, 0.1) is 12.7 Å². The van der Waals surface area contributed by atoms with Crippen molar-refractivity contribution in [1.82, 2.24) is 16.0 Å². The largest absolute Gasteiger partial charge is 0.480 e. The third-order valence-electron chi connectivity index (χ3n) is 5.77. The van der Waals surface area contributed by atoms with Gasteiger partial charge >= 0.3 is 36.2 Å². The fourth-order valence-corrected chi connectivity index (χ4v) is 2.96. The molecular formula is C28H51N3O13. The van der Waals surface area contributed by atoms with Crippen molar-refractivity contribution in [2.24, 2.45) is 17.8 Å². The zero-order valence-electron chi connectivity index (χ0n) is 27.3. The molecule has 3 amide bonds. The lowest BCUT2D eigenvalue weighted by molar-refractivity contribution is -0.141. The van der Waals surface area contributed by atoms with E-state index >= 15 is 0 Å².